The van der Waals surface area contributed by atoms with Crippen LogP contribution in [0.4, 0.5) is 4.79 Å². The smallest absolute Gasteiger partial charge is 0.326 e. The van der Waals surface area contributed by atoms with Crippen molar-refractivity contribution in [3.63, 3.8) is 0 Å². The summed E-state index contributed by atoms with van der Waals surface area (Å²) in [4.78, 5) is 29.7. The van der Waals surface area contributed by atoms with Gasteiger partial charge in [0, 0.05) is 19.1 Å². The molecule has 1 aliphatic carbocycles. The van der Waals surface area contributed by atoms with Crippen molar-refractivity contribution in [2.45, 2.75) is 85.6 Å². The summed E-state index contributed by atoms with van der Waals surface area (Å²) in [6.07, 6.45) is 6.70. The van der Waals surface area contributed by atoms with E-state index in [0.717, 1.165) is 19.3 Å². The zero-order valence-electron chi connectivity index (χ0n) is 16.7. The minimum Gasteiger partial charge on any atom is -0.326 e. The summed E-state index contributed by atoms with van der Waals surface area (Å²) in [7, 11) is 1.84. The Morgan fingerprint density at radius 1 is 1.04 bits per heavy atom. The van der Waals surface area contributed by atoms with Crippen molar-refractivity contribution in [1.29, 1.82) is 0 Å². The van der Waals surface area contributed by atoms with Crippen molar-refractivity contribution in [3.8, 4) is 0 Å². The number of amides is 3. The van der Waals surface area contributed by atoms with Gasteiger partial charge in [-0.05, 0) is 51.4 Å². The summed E-state index contributed by atoms with van der Waals surface area (Å²) in [6, 6.07) is -0.137. The van der Waals surface area contributed by atoms with Gasteiger partial charge in [-0.2, -0.15) is 0 Å². The highest BCUT2D eigenvalue weighted by atomic mass is 16.2. The first-order chi connectivity index (χ1) is 10.9. The lowest BCUT2D eigenvalue weighted by atomic mass is 9.67. The molecule has 1 saturated heterocycles. The summed E-state index contributed by atoms with van der Waals surface area (Å²) < 4.78 is 0. The van der Waals surface area contributed by atoms with E-state index in [1.165, 1.54) is 19.3 Å². The number of hydrogen-bond donors (Lipinski definition) is 0. The molecule has 2 fully saturated rings. The molecular formula is C20H36N2O2. The molecule has 1 aliphatic heterocycles. The van der Waals surface area contributed by atoms with E-state index < -0.39 is 11.0 Å². The Morgan fingerprint density at radius 3 is 2.08 bits per heavy atom. The van der Waals surface area contributed by atoms with Gasteiger partial charge in [0.15, 0.2) is 0 Å². The van der Waals surface area contributed by atoms with Gasteiger partial charge in [0.2, 0.25) is 5.91 Å². The van der Waals surface area contributed by atoms with Crippen LogP contribution in [-0.2, 0) is 4.79 Å². The van der Waals surface area contributed by atoms with Crippen molar-refractivity contribution in [3.05, 3.63) is 0 Å². The highest BCUT2D eigenvalue weighted by Gasteiger charge is 2.54. The van der Waals surface area contributed by atoms with Crippen molar-refractivity contribution >= 4 is 11.9 Å². The Balaban J connectivity index is 2.35. The molecule has 138 valence electrons. The summed E-state index contributed by atoms with van der Waals surface area (Å²) in [5, 5.41) is 0. The fourth-order valence-electron chi connectivity index (χ4n) is 5.10. The average Bonchev–Trinajstić information content (AvgIpc) is 2.43. The maximum absolute atomic E-state index is 13.5. The van der Waals surface area contributed by atoms with Gasteiger partial charge in [-0.15, -0.1) is 0 Å². The Hall–Kier alpha value is -1.06. The monoisotopic (exact) mass is 336 g/mol. The minimum absolute atomic E-state index is 0.0479. The quantitative estimate of drug-likeness (QED) is 0.750. The van der Waals surface area contributed by atoms with Crippen LogP contribution in [0.5, 0.6) is 0 Å². The second kappa shape index (κ2) is 6.34. The number of hydrogen-bond acceptors (Lipinski definition) is 2. The summed E-state index contributed by atoms with van der Waals surface area (Å²) in [5.41, 5.74) is -0.865. The molecule has 1 heterocycles. The normalized spacial score (nSPS) is 27.8. The molecule has 0 N–H and O–H groups in total. The third kappa shape index (κ3) is 3.62. The summed E-state index contributed by atoms with van der Waals surface area (Å²) >= 11 is 0. The Morgan fingerprint density at radius 2 is 1.58 bits per heavy atom. The standard InChI is InChI=1S/C20H36N2O2/c1-18(2,3)13-19(4,5)22-16(23)20(6,14-21(7)17(22)24)15-11-9-8-10-12-15/h15H,8-14H2,1-7H3. The Kier molecular flexibility index (Phi) is 5.09. The molecule has 0 aromatic rings. The predicted molar refractivity (Wildman–Crippen MR) is 97.7 cm³/mol. The van der Waals surface area contributed by atoms with Crippen LogP contribution in [0.3, 0.4) is 0 Å². The molecule has 4 nitrogen and oxygen atoms in total. The van der Waals surface area contributed by atoms with Gasteiger partial charge in [0.1, 0.15) is 0 Å². The number of urea groups is 1. The lowest BCUT2D eigenvalue weighted by molar-refractivity contribution is -0.153. The third-order valence-corrected chi connectivity index (χ3v) is 5.85. The van der Waals surface area contributed by atoms with Gasteiger partial charge in [0.25, 0.3) is 0 Å². The minimum atomic E-state index is -0.475. The second-order valence-electron chi connectivity index (χ2n) is 10.1. The number of carbonyl (C=O) groups excluding carboxylic acids is 2. The third-order valence-electron chi connectivity index (χ3n) is 5.85. The van der Waals surface area contributed by atoms with E-state index in [4.69, 9.17) is 0 Å². The summed E-state index contributed by atoms with van der Waals surface area (Å²) in [5.74, 6) is 0.439. The van der Waals surface area contributed by atoms with E-state index in [1.807, 2.05) is 20.9 Å². The van der Waals surface area contributed by atoms with Gasteiger partial charge < -0.3 is 4.90 Å². The van der Waals surface area contributed by atoms with Crippen LogP contribution in [0.25, 0.3) is 0 Å². The van der Waals surface area contributed by atoms with Gasteiger partial charge >= 0.3 is 6.03 Å². The van der Waals surface area contributed by atoms with Gasteiger partial charge in [-0.25, -0.2) is 4.79 Å². The van der Waals surface area contributed by atoms with Crippen molar-refractivity contribution in [1.82, 2.24) is 9.80 Å². The second-order valence-corrected chi connectivity index (χ2v) is 10.1. The van der Waals surface area contributed by atoms with Crippen molar-refractivity contribution < 1.29 is 9.59 Å². The molecule has 4 heteroatoms. The lowest BCUT2D eigenvalue weighted by Gasteiger charge is -2.52. The predicted octanol–water partition coefficient (Wildman–Crippen LogP) is 4.68. The first-order valence-corrected chi connectivity index (χ1v) is 9.48. The SMILES string of the molecule is CN1CC(C)(C2CCCCC2)C(=O)N(C(C)(C)CC(C)(C)C)C1=O. The fraction of sp³-hybridized carbons (Fsp3) is 0.900. The molecule has 2 rings (SSSR count). The number of rotatable bonds is 3. The van der Waals surface area contributed by atoms with Gasteiger partial charge in [-0.3, -0.25) is 9.69 Å². The fourth-order valence-corrected chi connectivity index (χ4v) is 5.10. The van der Waals surface area contributed by atoms with E-state index >= 15 is 0 Å². The van der Waals surface area contributed by atoms with Crippen LogP contribution in [0.1, 0.15) is 80.1 Å². The van der Waals surface area contributed by atoms with E-state index in [-0.39, 0.29) is 17.4 Å². The van der Waals surface area contributed by atoms with E-state index in [2.05, 4.69) is 27.7 Å². The molecule has 1 atom stereocenters. The average molecular weight is 337 g/mol. The molecule has 0 radical (unpaired) electrons. The molecule has 0 spiro atoms. The van der Waals surface area contributed by atoms with Crippen LogP contribution in [-0.4, -0.2) is 40.9 Å². The zero-order chi connectivity index (χ0) is 18.3. The largest absolute Gasteiger partial charge is 0.326 e. The highest BCUT2D eigenvalue weighted by Crippen LogP contribution is 2.45. The van der Waals surface area contributed by atoms with Gasteiger partial charge in [0.05, 0.1) is 5.41 Å². The van der Waals surface area contributed by atoms with Crippen LogP contribution in [0, 0.1) is 16.7 Å². The van der Waals surface area contributed by atoms with Crippen LogP contribution in [0.2, 0.25) is 0 Å². The van der Waals surface area contributed by atoms with Crippen LogP contribution >= 0.6 is 0 Å². The molecule has 0 aromatic heterocycles. The number of carbonyl (C=O) groups is 2. The molecular weight excluding hydrogens is 300 g/mol. The van der Waals surface area contributed by atoms with E-state index in [1.54, 1.807) is 9.80 Å². The maximum atomic E-state index is 13.5. The van der Waals surface area contributed by atoms with E-state index in [9.17, 15) is 9.59 Å². The van der Waals surface area contributed by atoms with E-state index in [0.29, 0.717) is 12.5 Å². The number of imide groups is 1. The molecule has 3 amide bonds. The maximum Gasteiger partial charge on any atom is 0.326 e. The Labute approximate surface area is 148 Å². The Bertz CT molecular complexity index is 500. The molecule has 24 heavy (non-hydrogen) atoms. The highest BCUT2D eigenvalue weighted by molar-refractivity contribution is 6.00. The van der Waals surface area contributed by atoms with Crippen molar-refractivity contribution in [2.75, 3.05) is 13.6 Å². The van der Waals surface area contributed by atoms with Crippen molar-refractivity contribution in [2.24, 2.45) is 16.7 Å². The molecule has 0 bridgehead atoms. The molecule has 2 aliphatic rings. The molecule has 1 saturated carbocycles. The number of nitrogens with zero attached hydrogens (tertiary/aromatic N) is 2. The van der Waals surface area contributed by atoms with Gasteiger partial charge in [-0.1, -0.05) is 40.0 Å². The topological polar surface area (TPSA) is 40.6 Å². The van der Waals surface area contributed by atoms with Crippen LogP contribution < -0.4 is 0 Å². The molecule has 0 aromatic carbocycles. The first kappa shape index (κ1) is 19.3. The lowest BCUT2D eigenvalue weighted by Crippen LogP contribution is -2.67. The zero-order valence-corrected chi connectivity index (χ0v) is 16.7. The molecule has 1 unspecified atom stereocenters. The first-order valence-electron chi connectivity index (χ1n) is 9.48. The van der Waals surface area contributed by atoms with Crippen LogP contribution in [0.15, 0.2) is 0 Å². The summed E-state index contributed by atoms with van der Waals surface area (Å²) in [6.45, 7) is 13.2.